The van der Waals surface area contributed by atoms with Crippen molar-refractivity contribution in [2.24, 2.45) is 5.92 Å². The Morgan fingerprint density at radius 3 is 2.56 bits per heavy atom. The maximum atomic E-state index is 5.81. The van der Waals surface area contributed by atoms with Crippen LogP contribution in [-0.4, -0.2) is 23.6 Å². The van der Waals surface area contributed by atoms with E-state index in [1.165, 1.54) is 0 Å². The highest BCUT2D eigenvalue weighted by atomic mass is 16.5. The predicted octanol–water partition coefficient (Wildman–Crippen LogP) is 1.11. The summed E-state index contributed by atoms with van der Waals surface area (Å²) in [5, 5.41) is 2.84. The summed E-state index contributed by atoms with van der Waals surface area (Å²) >= 11 is 0. The molecule has 0 aliphatic heterocycles. The van der Waals surface area contributed by atoms with Crippen LogP contribution in [0, 0.1) is 5.92 Å². The highest BCUT2D eigenvalue weighted by molar-refractivity contribution is 5.68. The summed E-state index contributed by atoms with van der Waals surface area (Å²) in [6, 6.07) is 0. The summed E-state index contributed by atoms with van der Waals surface area (Å²) < 4.78 is 5.47. The third-order valence-corrected chi connectivity index (χ3v) is 2.10. The van der Waals surface area contributed by atoms with Crippen LogP contribution in [0.3, 0.4) is 0 Å². The van der Waals surface area contributed by atoms with Gasteiger partial charge in [-0.1, -0.05) is 13.8 Å². The molecular weight excluding hydrogens is 206 g/mol. The van der Waals surface area contributed by atoms with Crippen molar-refractivity contribution in [2.45, 2.75) is 20.3 Å². The van der Waals surface area contributed by atoms with Gasteiger partial charge in [-0.15, -0.1) is 0 Å². The molecule has 0 spiro atoms. The number of ether oxygens (including phenoxy) is 1. The summed E-state index contributed by atoms with van der Waals surface area (Å²) in [5.74, 6) is 1.56. The summed E-state index contributed by atoms with van der Waals surface area (Å²) in [4.78, 5) is 7.90. The first-order valence-corrected chi connectivity index (χ1v) is 5.28. The van der Waals surface area contributed by atoms with Gasteiger partial charge >= 0.3 is 0 Å². The molecule has 0 saturated heterocycles. The van der Waals surface area contributed by atoms with Crippen molar-refractivity contribution in [1.29, 1.82) is 0 Å². The lowest BCUT2D eigenvalue weighted by Gasteiger charge is -2.12. The van der Waals surface area contributed by atoms with Crippen LogP contribution in [-0.2, 0) is 0 Å². The van der Waals surface area contributed by atoms with E-state index >= 15 is 0 Å². The zero-order valence-electron chi connectivity index (χ0n) is 9.95. The normalized spacial score (nSPS) is 10.5. The molecule has 16 heavy (non-hydrogen) atoms. The molecule has 6 nitrogen and oxygen atoms in total. The fraction of sp³-hybridized carbons (Fsp3) is 0.600. The van der Waals surface area contributed by atoms with Crippen molar-refractivity contribution in [3.63, 3.8) is 0 Å². The first kappa shape index (κ1) is 12.4. The maximum Gasteiger partial charge on any atom is 0.244 e. The van der Waals surface area contributed by atoms with Gasteiger partial charge < -0.3 is 21.5 Å². The molecule has 1 rings (SSSR count). The summed E-state index contributed by atoms with van der Waals surface area (Å²) in [6.45, 7) is 4.82. The fourth-order valence-electron chi connectivity index (χ4n) is 1.16. The molecule has 0 saturated carbocycles. The Balaban J connectivity index is 2.75. The van der Waals surface area contributed by atoms with Crippen molar-refractivity contribution in [3.8, 4) is 5.88 Å². The second-order valence-electron chi connectivity index (χ2n) is 3.93. The molecule has 6 heteroatoms. The molecule has 5 N–H and O–H groups in total. The number of nitrogens with zero attached hydrogens (tertiary/aromatic N) is 2. The van der Waals surface area contributed by atoms with E-state index in [1.807, 2.05) is 0 Å². The van der Waals surface area contributed by atoms with E-state index in [9.17, 15) is 0 Å². The van der Waals surface area contributed by atoms with Gasteiger partial charge in [0.1, 0.15) is 5.69 Å². The SMILES string of the molecule is CNc1nc(N)nc(OCCC(C)C)c1N. The van der Waals surface area contributed by atoms with Crippen molar-refractivity contribution in [1.82, 2.24) is 9.97 Å². The molecule has 90 valence electrons. The molecule has 1 heterocycles. The Kier molecular flexibility index (Phi) is 4.16. The van der Waals surface area contributed by atoms with E-state index < -0.39 is 0 Å². The molecule has 0 aliphatic rings. The lowest BCUT2D eigenvalue weighted by atomic mass is 10.1. The van der Waals surface area contributed by atoms with E-state index in [0.717, 1.165) is 6.42 Å². The predicted molar refractivity (Wildman–Crippen MR) is 65.4 cm³/mol. The minimum absolute atomic E-state index is 0.151. The standard InChI is InChI=1S/C10H19N5O/c1-6(2)4-5-16-9-7(11)8(13-3)14-10(12)15-9/h6H,4-5,11H2,1-3H3,(H3,12,13,14,15). The third kappa shape index (κ3) is 3.15. The molecule has 0 radical (unpaired) electrons. The van der Waals surface area contributed by atoms with Gasteiger partial charge in [-0.2, -0.15) is 9.97 Å². The number of rotatable bonds is 5. The van der Waals surface area contributed by atoms with E-state index in [1.54, 1.807) is 7.05 Å². The first-order valence-electron chi connectivity index (χ1n) is 5.28. The second-order valence-corrected chi connectivity index (χ2v) is 3.93. The Morgan fingerprint density at radius 1 is 1.31 bits per heavy atom. The van der Waals surface area contributed by atoms with Crippen molar-refractivity contribution >= 4 is 17.5 Å². The van der Waals surface area contributed by atoms with Crippen molar-refractivity contribution in [2.75, 3.05) is 30.4 Å². The number of hydrogen-bond acceptors (Lipinski definition) is 6. The molecule has 1 aromatic heterocycles. The van der Waals surface area contributed by atoms with Crippen LogP contribution in [0.5, 0.6) is 5.88 Å². The average Bonchev–Trinajstić information content (AvgIpc) is 2.22. The Hall–Kier alpha value is -1.72. The van der Waals surface area contributed by atoms with Gasteiger partial charge in [0, 0.05) is 7.05 Å². The minimum atomic E-state index is 0.151. The molecule has 1 aromatic rings. The molecule has 0 bridgehead atoms. The van der Waals surface area contributed by atoms with Gasteiger partial charge in [0.05, 0.1) is 6.61 Å². The molecule has 0 atom stereocenters. The van der Waals surface area contributed by atoms with E-state index in [-0.39, 0.29) is 5.95 Å². The lowest BCUT2D eigenvalue weighted by molar-refractivity contribution is 0.281. The first-order chi connectivity index (χ1) is 7.54. The van der Waals surface area contributed by atoms with Gasteiger partial charge in [0.2, 0.25) is 11.8 Å². The van der Waals surface area contributed by atoms with Crippen molar-refractivity contribution < 1.29 is 4.74 Å². The van der Waals surface area contributed by atoms with Crippen LogP contribution in [0.2, 0.25) is 0 Å². The summed E-state index contributed by atoms with van der Waals surface area (Å²) in [6.07, 6.45) is 0.943. The zero-order valence-corrected chi connectivity index (χ0v) is 9.95. The Labute approximate surface area is 95.4 Å². The summed E-state index contributed by atoms with van der Waals surface area (Å²) in [5.41, 5.74) is 11.7. The van der Waals surface area contributed by atoms with Gasteiger partial charge in [0.25, 0.3) is 0 Å². The Morgan fingerprint density at radius 2 is 2.00 bits per heavy atom. The lowest BCUT2D eigenvalue weighted by Crippen LogP contribution is -2.10. The summed E-state index contributed by atoms with van der Waals surface area (Å²) in [7, 11) is 1.72. The molecule has 0 unspecified atom stereocenters. The van der Waals surface area contributed by atoms with Gasteiger partial charge in [-0.3, -0.25) is 0 Å². The van der Waals surface area contributed by atoms with E-state index in [2.05, 4.69) is 29.1 Å². The smallest absolute Gasteiger partial charge is 0.244 e. The largest absolute Gasteiger partial charge is 0.476 e. The maximum absolute atomic E-state index is 5.81. The number of nitrogens with two attached hydrogens (primary N) is 2. The van der Waals surface area contributed by atoms with Crippen LogP contribution < -0.4 is 21.5 Å². The van der Waals surface area contributed by atoms with Gasteiger partial charge in [-0.05, 0) is 12.3 Å². The molecule has 0 amide bonds. The highest BCUT2D eigenvalue weighted by Gasteiger charge is 2.10. The second kappa shape index (κ2) is 5.39. The molecule has 0 fully saturated rings. The minimum Gasteiger partial charge on any atom is -0.476 e. The van der Waals surface area contributed by atoms with E-state index in [4.69, 9.17) is 16.2 Å². The monoisotopic (exact) mass is 225 g/mol. The third-order valence-electron chi connectivity index (χ3n) is 2.10. The van der Waals surface area contributed by atoms with Crippen LogP contribution in [0.1, 0.15) is 20.3 Å². The van der Waals surface area contributed by atoms with Gasteiger partial charge in [0.15, 0.2) is 5.82 Å². The fourth-order valence-corrected chi connectivity index (χ4v) is 1.16. The zero-order chi connectivity index (χ0) is 12.1. The molecule has 0 aromatic carbocycles. The Bertz CT molecular complexity index is 353. The topological polar surface area (TPSA) is 99.1 Å². The number of hydrogen-bond donors (Lipinski definition) is 3. The van der Waals surface area contributed by atoms with E-state index in [0.29, 0.717) is 29.9 Å². The van der Waals surface area contributed by atoms with Crippen LogP contribution >= 0.6 is 0 Å². The quantitative estimate of drug-likeness (QED) is 0.694. The van der Waals surface area contributed by atoms with Crippen LogP contribution in [0.4, 0.5) is 17.5 Å². The van der Waals surface area contributed by atoms with Gasteiger partial charge in [-0.25, -0.2) is 0 Å². The van der Waals surface area contributed by atoms with Crippen LogP contribution in [0.25, 0.3) is 0 Å². The number of nitrogen functional groups attached to an aromatic ring is 2. The van der Waals surface area contributed by atoms with Crippen molar-refractivity contribution in [3.05, 3.63) is 0 Å². The molecular formula is C10H19N5O. The van der Waals surface area contributed by atoms with Crippen LogP contribution in [0.15, 0.2) is 0 Å². The number of nitrogens with one attached hydrogen (secondary N) is 1. The number of anilines is 3. The molecule has 0 aliphatic carbocycles. The average molecular weight is 225 g/mol. The highest BCUT2D eigenvalue weighted by Crippen LogP contribution is 2.26. The number of aromatic nitrogens is 2.